The van der Waals surface area contributed by atoms with E-state index in [1.165, 1.54) is 50.7 Å². The van der Waals surface area contributed by atoms with Crippen molar-refractivity contribution >= 4 is 38.5 Å². The van der Waals surface area contributed by atoms with Crippen molar-refractivity contribution in [2.75, 3.05) is 14.2 Å². The number of methoxy groups -OCH3 is 2. The molecule has 0 atom stereocenters. The van der Waals surface area contributed by atoms with E-state index in [-0.39, 0.29) is 45.7 Å². The second kappa shape index (κ2) is 10.7. The average Bonchev–Trinajstić information content (AvgIpc) is 3.25. The number of benzene rings is 2. The van der Waals surface area contributed by atoms with Crippen LogP contribution in [0.1, 0.15) is 17.5 Å². The van der Waals surface area contributed by atoms with E-state index >= 15 is 0 Å². The number of alkyl halides is 3. The summed E-state index contributed by atoms with van der Waals surface area (Å²) < 4.78 is 82.8. The quantitative estimate of drug-likeness (QED) is 0.263. The van der Waals surface area contributed by atoms with Gasteiger partial charge in [-0.15, -0.1) is 0 Å². The molecule has 0 aliphatic rings. The number of hydrogen-bond acceptors (Lipinski definition) is 7. The first-order valence-corrected chi connectivity index (χ1v) is 12.9. The van der Waals surface area contributed by atoms with Crippen LogP contribution in [0.3, 0.4) is 0 Å². The van der Waals surface area contributed by atoms with Gasteiger partial charge >= 0.3 is 12.1 Å². The molecule has 39 heavy (non-hydrogen) atoms. The Morgan fingerprint density at radius 1 is 1.08 bits per heavy atom. The smallest absolute Gasteiger partial charge is 0.417 e. The van der Waals surface area contributed by atoms with Crippen LogP contribution in [0.5, 0.6) is 23.1 Å². The summed E-state index contributed by atoms with van der Waals surface area (Å²) in [6.07, 6.45) is -2.87. The Kier molecular flexibility index (Phi) is 7.66. The third-order valence-corrected chi connectivity index (χ3v) is 7.66. The Hall–Kier alpha value is -3.97. The molecule has 0 radical (unpaired) electrons. The van der Waals surface area contributed by atoms with Gasteiger partial charge in [-0.3, -0.25) is 4.79 Å². The topological polar surface area (TPSA) is 117 Å². The molecule has 0 saturated carbocycles. The predicted molar refractivity (Wildman–Crippen MR) is 134 cm³/mol. The number of halogens is 4. The van der Waals surface area contributed by atoms with Crippen LogP contribution in [0.15, 0.2) is 59.8 Å². The molecule has 0 bridgehead atoms. The van der Waals surface area contributed by atoms with Gasteiger partial charge < -0.3 is 19.3 Å². The zero-order valence-corrected chi connectivity index (χ0v) is 21.9. The molecule has 0 fully saturated rings. The highest BCUT2D eigenvalue weighted by Crippen LogP contribution is 2.38. The van der Waals surface area contributed by atoms with E-state index < -0.39 is 27.7 Å². The highest BCUT2D eigenvalue weighted by atomic mass is 35.5. The molecule has 0 saturated heterocycles. The molecule has 4 aromatic rings. The number of aryl methyl sites for hydroxylation is 1. The first-order chi connectivity index (χ1) is 18.3. The molecule has 0 amide bonds. The SMILES string of the molecule is COc1cc2c(CCC(=O)O)cn(S(=O)(=O)c3ccc(Oc4ncc(C(F)(F)F)cc4Cl)cc3)c2cc1OC. The van der Waals surface area contributed by atoms with Crippen molar-refractivity contribution in [3.8, 4) is 23.1 Å². The number of nitrogens with zero attached hydrogens (tertiary/aromatic N) is 2. The van der Waals surface area contributed by atoms with Crippen molar-refractivity contribution in [2.45, 2.75) is 23.9 Å². The van der Waals surface area contributed by atoms with Crippen LogP contribution in [0.25, 0.3) is 10.9 Å². The third kappa shape index (κ3) is 5.73. The Bertz CT molecular complexity index is 1650. The van der Waals surface area contributed by atoms with Crippen molar-refractivity contribution in [3.05, 3.63) is 71.0 Å². The maximum absolute atomic E-state index is 13.6. The minimum atomic E-state index is -4.63. The zero-order chi connectivity index (χ0) is 28.5. The maximum Gasteiger partial charge on any atom is 0.417 e. The van der Waals surface area contributed by atoms with Crippen LogP contribution in [-0.2, 0) is 27.4 Å². The lowest BCUT2D eigenvalue weighted by Crippen LogP contribution is -2.12. The lowest BCUT2D eigenvalue weighted by molar-refractivity contribution is -0.138. The van der Waals surface area contributed by atoms with Crippen LogP contribution in [0, 0.1) is 0 Å². The second-order valence-corrected chi connectivity index (χ2v) is 10.4. The largest absolute Gasteiger partial charge is 0.493 e. The van der Waals surface area contributed by atoms with E-state index in [2.05, 4.69) is 4.98 Å². The molecule has 2 aromatic carbocycles. The summed E-state index contributed by atoms with van der Waals surface area (Å²) >= 11 is 5.88. The molecule has 2 aromatic heterocycles. The summed E-state index contributed by atoms with van der Waals surface area (Å²) in [5.74, 6) is -0.643. The van der Waals surface area contributed by atoms with Gasteiger partial charge in [0, 0.05) is 30.3 Å². The monoisotopic (exact) mass is 584 g/mol. The van der Waals surface area contributed by atoms with Gasteiger partial charge in [0.1, 0.15) is 10.8 Å². The van der Waals surface area contributed by atoms with Gasteiger partial charge in [0.15, 0.2) is 11.5 Å². The van der Waals surface area contributed by atoms with Crippen LogP contribution in [0.2, 0.25) is 5.02 Å². The Labute approximate surface area is 225 Å². The summed E-state index contributed by atoms with van der Waals surface area (Å²) in [4.78, 5) is 14.6. The Morgan fingerprint density at radius 3 is 2.28 bits per heavy atom. The number of pyridine rings is 1. The first kappa shape index (κ1) is 28.0. The minimum Gasteiger partial charge on any atom is -0.493 e. The third-order valence-electron chi connectivity index (χ3n) is 5.70. The molecule has 2 heterocycles. The molecule has 4 rings (SSSR count). The first-order valence-electron chi connectivity index (χ1n) is 11.1. The average molecular weight is 585 g/mol. The van der Waals surface area contributed by atoms with Crippen molar-refractivity contribution in [3.63, 3.8) is 0 Å². The predicted octanol–water partition coefficient (Wildman–Crippen LogP) is 5.77. The van der Waals surface area contributed by atoms with Crippen molar-refractivity contribution < 1.29 is 45.7 Å². The second-order valence-electron chi connectivity index (χ2n) is 8.16. The standard InChI is InChI=1S/C25H20ClF3N2O7S/c1-36-21-10-18-14(3-8-23(32)33)13-31(20(18)11-22(21)37-2)39(34,35)17-6-4-16(5-7-17)38-24-19(26)9-15(12-30-24)25(27,28)29/h4-7,9-13H,3,8H2,1-2H3,(H,32,33). The maximum atomic E-state index is 13.6. The number of carboxylic acid groups (broad SMARTS) is 1. The van der Waals surface area contributed by atoms with Gasteiger partial charge in [0.25, 0.3) is 10.0 Å². The Morgan fingerprint density at radius 2 is 1.72 bits per heavy atom. The lowest BCUT2D eigenvalue weighted by atomic mass is 10.1. The van der Waals surface area contributed by atoms with Crippen LogP contribution in [0.4, 0.5) is 13.2 Å². The van der Waals surface area contributed by atoms with Gasteiger partial charge in [0.2, 0.25) is 5.88 Å². The molecule has 14 heteroatoms. The van der Waals surface area contributed by atoms with Crippen LogP contribution in [-0.4, -0.2) is 42.7 Å². The summed E-state index contributed by atoms with van der Waals surface area (Å²) in [7, 11) is -1.38. The highest BCUT2D eigenvalue weighted by Gasteiger charge is 2.32. The van der Waals surface area contributed by atoms with Gasteiger partial charge in [-0.2, -0.15) is 13.2 Å². The zero-order valence-electron chi connectivity index (χ0n) is 20.3. The van der Waals surface area contributed by atoms with Crippen molar-refractivity contribution in [1.29, 1.82) is 0 Å². The summed E-state index contributed by atoms with van der Waals surface area (Å²) in [5.41, 5.74) is -0.328. The molecular weight excluding hydrogens is 565 g/mol. The highest BCUT2D eigenvalue weighted by molar-refractivity contribution is 7.90. The van der Waals surface area contributed by atoms with E-state index in [9.17, 15) is 26.4 Å². The molecule has 0 aliphatic heterocycles. The number of fused-ring (bicyclic) bond motifs is 1. The van der Waals surface area contributed by atoms with Crippen molar-refractivity contribution in [1.82, 2.24) is 8.96 Å². The van der Waals surface area contributed by atoms with Gasteiger partial charge in [-0.25, -0.2) is 17.4 Å². The fourth-order valence-electron chi connectivity index (χ4n) is 3.79. The Balaban J connectivity index is 1.70. The van der Waals surface area contributed by atoms with Crippen LogP contribution < -0.4 is 14.2 Å². The molecule has 1 N–H and O–H groups in total. The molecule has 0 spiro atoms. The van der Waals surface area contributed by atoms with Gasteiger partial charge in [-0.05, 0) is 48.4 Å². The van der Waals surface area contributed by atoms with Gasteiger partial charge in [0.05, 0.1) is 30.2 Å². The number of carbonyl (C=O) groups is 1. The molecule has 9 nitrogen and oxygen atoms in total. The van der Waals surface area contributed by atoms with Gasteiger partial charge in [-0.1, -0.05) is 11.6 Å². The number of aliphatic carboxylic acids is 1. The number of ether oxygens (including phenoxy) is 3. The van der Waals surface area contributed by atoms with E-state index in [0.29, 0.717) is 29.0 Å². The number of carboxylic acids is 1. The molecule has 206 valence electrons. The lowest BCUT2D eigenvalue weighted by Gasteiger charge is -2.12. The van der Waals surface area contributed by atoms with Crippen LogP contribution >= 0.6 is 11.6 Å². The number of rotatable bonds is 9. The van der Waals surface area contributed by atoms with E-state index in [4.69, 9.17) is 30.9 Å². The fraction of sp³-hybridized carbons (Fsp3) is 0.200. The number of hydrogen-bond donors (Lipinski definition) is 1. The van der Waals surface area contributed by atoms with Crippen molar-refractivity contribution in [2.24, 2.45) is 0 Å². The summed E-state index contributed by atoms with van der Waals surface area (Å²) in [6.45, 7) is 0. The molecule has 0 unspecified atom stereocenters. The fourth-order valence-corrected chi connectivity index (χ4v) is 5.38. The summed E-state index contributed by atoms with van der Waals surface area (Å²) in [6, 6.07) is 8.80. The minimum absolute atomic E-state index is 0.0670. The summed E-state index contributed by atoms with van der Waals surface area (Å²) in [5, 5.41) is 9.22. The molecular formula is C25H20ClF3N2O7S. The van der Waals surface area contributed by atoms with E-state index in [1.807, 2.05) is 0 Å². The number of aromatic nitrogens is 2. The molecule has 0 aliphatic carbocycles. The van der Waals surface area contributed by atoms with E-state index in [0.717, 1.165) is 3.97 Å². The van der Waals surface area contributed by atoms with E-state index in [1.54, 1.807) is 6.07 Å². The normalized spacial score (nSPS) is 11.9.